The SMILES string of the molecule is Cc1ccc(C(=O)NCc2cc(=O)n3nc(-c4ccc(C)cc4)sc3n2)cc1. The van der Waals surface area contributed by atoms with Crippen LogP contribution in [0.15, 0.2) is 59.4 Å². The minimum Gasteiger partial charge on any atom is -0.346 e. The molecule has 0 aliphatic rings. The van der Waals surface area contributed by atoms with Gasteiger partial charge in [-0.1, -0.05) is 58.9 Å². The number of hydrogen-bond acceptors (Lipinski definition) is 5. The van der Waals surface area contributed by atoms with Crippen molar-refractivity contribution in [3.63, 3.8) is 0 Å². The second-order valence-corrected chi connectivity index (χ2v) is 7.56. The van der Waals surface area contributed by atoms with E-state index < -0.39 is 0 Å². The molecule has 0 unspecified atom stereocenters. The van der Waals surface area contributed by atoms with Crippen molar-refractivity contribution in [2.75, 3.05) is 0 Å². The Morgan fingerprint density at radius 2 is 1.68 bits per heavy atom. The molecule has 0 atom stereocenters. The maximum Gasteiger partial charge on any atom is 0.275 e. The second-order valence-electron chi connectivity index (χ2n) is 6.60. The van der Waals surface area contributed by atoms with Crippen molar-refractivity contribution in [2.45, 2.75) is 20.4 Å². The van der Waals surface area contributed by atoms with Gasteiger partial charge in [0.2, 0.25) is 4.96 Å². The average molecular weight is 390 g/mol. The predicted molar refractivity (Wildman–Crippen MR) is 110 cm³/mol. The molecule has 6 nitrogen and oxygen atoms in total. The molecule has 28 heavy (non-hydrogen) atoms. The maximum absolute atomic E-state index is 12.4. The molecule has 0 aliphatic heterocycles. The monoisotopic (exact) mass is 390 g/mol. The van der Waals surface area contributed by atoms with Gasteiger partial charge >= 0.3 is 0 Å². The van der Waals surface area contributed by atoms with Gasteiger partial charge < -0.3 is 5.32 Å². The second kappa shape index (κ2) is 7.36. The Hall–Kier alpha value is -3.32. The third-order valence-corrected chi connectivity index (χ3v) is 5.30. The number of aromatic nitrogens is 3. The highest BCUT2D eigenvalue weighted by molar-refractivity contribution is 7.19. The first-order valence-electron chi connectivity index (χ1n) is 8.81. The van der Waals surface area contributed by atoms with Crippen molar-refractivity contribution in [2.24, 2.45) is 0 Å². The van der Waals surface area contributed by atoms with Crippen LogP contribution in [0.3, 0.4) is 0 Å². The molecule has 0 bridgehead atoms. The van der Waals surface area contributed by atoms with Crippen LogP contribution in [-0.4, -0.2) is 20.5 Å². The Kier molecular flexibility index (Phi) is 4.75. The number of amides is 1. The van der Waals surface area contributed by atoms with Gasteiger partial charge in [-0.15, -0.1) is 0 Å². The number of carbonyl (C=O) groups is 1. The van der Waals surface area contributed by atoms with E-state index in [4.69, 9.17) is 0 Å². The number of carbonyl (C=O) groups excluding carboxylic acids is 1. The molecule has 4 aromatic rings. The predicted octanol–water partition coefficient (Wildman–Crippen LogP) is 3.36. The summed E-state index contributed by atoms with van der Waals surface area (Å²) in [5.41, 5.74) is 4.00. The number of fused-ring (bicyclic) bond motifs is 1. The molecule has 0 aliphatic carbocycles. The molecule has 0 saturated heterocycles. The molecule has 7 heteroatoms. The zero-order chi connectivity index (χ0) is 19.7. The van der Waals surface area contributed by atoms with Crippen molar-refractivity contribution in [1.82, 2.24) is 19.9 Å². The Morgan fingerprint density at radius 3 is 2.36 bits per heavy atom. The van der Waals surface area contributed by atoms with Crippen LogP contribution >= 0.6 is 11.3 Å². The van der Waals surface area contributed by atoms with Crippen molar-refractivity contribution < 1.29 is 4.79 Å². The van der Waals surface area contributed by atoms with Gasteiger partial charge in [-0.3, -0.25) is 9.59 Å². The summed E-state index contributed by atoms with van der Waals surface area (Å²) in [6, 6.07) is 16.7. The fraction of sp³-hybridized carbons (Fsp3) is 0.143. The number of benzene rings is 2. The van der Waals surface area contributed by atoms with Crippen LogP contribution in [0.1, 0.15) is 27.2 Å². The Balaban J connectivity index is 1.56. The topological polar surface area (TPSA) is 76.4 Å². The van der Waals surface area contributed by atoms with Crippen LogP contribution in [0, 0.1) is 13.8 Å². The van der Waals surface area contributed by atoms with E-state index in [0.717, 1.165) is 21.7 Å². The molecule has 2 aromatic heterocycles. The summed E-state index contributed by atoms with van der Waals surface area (Å²) in [7, 11) is 0. The van der Waals surface area contributed by atoms with Crippen molar-refractivity contribution >= 4 is 22.2 Å². The third-order valence-electron chi connectivity index (χ3n) is 4.34. The van der Waals surface area contributed by atoms with E-state index in [1.165, 1.54) is 21.9 Å². The van der Waals surface area contributed by atoms with Crippen LogP contribution in [0.25, 0.3) is 15.5 Å². The molecular formula is C21H18N4O2S. The van der Waals surface area contributed by atoms with E-state index in [1.54, 1.807) is 12.1 Å². The summed E-state index contributed by atoms with van der Waals surface area (Å²) in [4.78, 5) is 29.7. The highest BCUT2D eigenvalue weighted by Crippen LogP contribution is 2.24. The smallest absolute Gasteiger partial charge is 0.275 e. The maximum atomic E-state index is 12.4. The van der Waals surface area contributed by atoms with Gasteiger partial charge in [0.1, 0.15) is 5.01 Å². The van der Waals surface area contributed by atoms with E-state index >= 15 is 0 Å². The van der Waals surface area contributed by atoms with Crippen LogP contribution in [0.4, 0.5) is 0 Å². The van der Waals surface area contributed by atoms with E-state index in [-0.39, 0.29) is 18.0 Å². The van der Waals surface area contributed by atoms with Crippen molar-refractivity contribution in [1.29, 1.82) is 0 Å². The fourth-order valence-electron chi connectivity index (χ4n) is 2.74. The summed E-state index contributed by atoms with van der Waals surface area (Å²) in [6.45, 7) is 4.16. The average Bonchev–Trinajstić information content (AvgIpc) is 3.12. The number of hydrogen-bond donors (Lipinski definition) is 1. The van der Waals surface area contributed by atoms with Crippen LogP contribution in [0.5, 0.6) is 0 Å². The molecular weight excluding hydrogens is 372 g/mol. The first-order valence-corrected chi connectivity index (χ1v) is 9.63. The Bertz CT molecular complexity index is 1210. The first kappa shape index (κ1) is 18.1. The standard InChI is InChI=1S/C21H18N4O2S/c1-13-3-7-15(8-4-13)19(27)22-12-17-11-18(26)25-21(23-17)28-20(24-25)16-9-5-14(2)6-10-16/h3-11H,12H2,1-2H3,(H,22,27). The van der Waals surface area contributed by atoms with Gasteiger partial charge in [-0.05, 0) is 26.0 Å². The summed E-state index contributed by atoms with van der Waals surface area (Å²) in [5, 5.41) is 7.91. The zero-order valence-corrected chi connectivity index (χ0v) is 16.3. The highest BCUT2D eigenvalue weighted by Gasteiger charge is 2.12. The minimum atomic E-state index is -0.265. The zero-order valence-electron chi connectivity index (χ0n) is 15.5. The van der Waals surface area contributed by atoms with E-state index in [2.05, 4.69) is 15.4 Å². The lowest BCUT2D eigenvalue weighted by Gasteiger charge is -2.05. The van der Waals surface area contributed by atoms with Gasteiger partial charge in [0.25, 0.3) is 11.5 Å². The lowest BCUT2D eigenvalue weighted by atomic mass is 10.1. The van der Waals surface area contributed by atoms with E-state index in [1.807, 2.05) is 50.2 Å². The van der Waals surface area contributed by atoms with Crippen molar-refractivity contribution in [3.05, 3.63) is 87.3 Å². The molecule has 2 aromatic carbocycles. The largest absolute Gasteiger partial charge is 0.346 e. The number of rotatable bonds is 4. The van der Waals surface area contributed by atoms with Gasteiger partial charge in [0, 0.05) is 17.2 Å². The van der Waals surface area contributed by atoms with Gasteiger partial charge in [0.05, 0.1) is 12.2 Å². The van der Waals surface area contributed by atoms with Gasteiger partial charge in [-0.2, -0.15) is 9.61 Å². The lowest BCUT2D eigenvalue weighted by Crippen LogP contribution is -2.25. The molecule has 0 spiro atoms. The van der Waals surface area contributed by atoms with E-state index in [0.29, 0.717) is 16.2 Å². The Morgan fingerprint density at radius 1 is 1.04 bits per heavy atom. The lowest BCUT2D eigenvalue weighted by molar-refractivity contribution is 0.0950. The quantitative estimate of drug-likeness (QED) is 0.580. The molecule has 1 amide bonds. The molecule has 4 rings (SSSR count). The molecule has 0 saturated carbocycles. The highest BCUT2D eigenvalue weighted by atomic mass is 32.1. The fourth-order valence-corrected chi connectivity index (χ4v) is 3.67. The minimum absolute atomic E-state index is 0.177. The number of nitrogens with zero attached hydrogens (tertiary/aromatic N) is 3. The molecule has 2 heterocycles. The number of nitrogens with one attached hydrogen (secondary N) is 1. The molecule has 0 radical (unpaired) electrons. The summed E-state index contributed by atoms with van der Waals surface area (Å²) in [6.07, 6.45) is 0. The van der Waals surface area contributed by atoms with Crippen LogP contribution in [0.2, 0.25) is 0 Å². The van der Waals surface area contributed by atoms with Gasteiger partial charge in [0.15, 0.2) is 0 Å². The van der Waals surface area contributed by atoms with Crippen LogP contribution < -0.4 is 10.9 Å². The summed E-state index contributed by atoms with van der Waals surface area (Å²) < 4.78 is 1.30. The number of aryl methyl sites for hydroxylation is 2. The molecule has 1 N–H and O–H groups in total. The summed E-state index contributed by atoms with van der Waals surface area (Å²) in [5.74, 6) is -0.202. The van der Waals surface area contributed by atoms with Crippen LogP contribution in [-0.2, 0) is 6.54 Å². The first-order chi connectivity index (χ1) is 13.5. The van der Waals surface area contributed by atoms with E-state index in [9.17, 15) is 9.59 Å². The van der Waals surface area contributed by atoms with Gasteiger partial charge in [-0.25, -0.2) is 4.98 Å². The molecule has 140 valence electrons. The molecule has 0 fully saturated rings. The summed E-state index contributed by atoms with van der Waals surface area (Å²) >= 11 is 1.34. The Labute approximate surface area is 165 Å². The van der Waals surface area contributed by atoms with Crippen molar-refractivity contribution in [3.8, 4) is 10.6 Å². The normalized spacial score (nSPS) is 10.9. The third kappa shape index (κ3) is 3.70.